The van der Waals surface area contributed by atoms with Crippen molar-refractivity contribution in [3.63, 3.8) is 0 Å². The van der Waals surface area contributed by atoms with Crippen LogP contribution in [0.5, 0.6) is 5.75 Å². The second-order valence-electron chi connectivity index (χ2n) is 5.47. The molecule has 0 spiro atoms. The third-order valence-electron chi connectivity index (χ3n) is 3.86. The maximum Gasteiger partial charge on any atom is 0.147 e. The van der Waals surface area contributed by atoms with E-state index in [4.69, 9.17) is 4.74 Å². The molecule has 1 N–H and O–H groups in total. The van der Waals surface area contributed by atoms with Gasteiger partial charge in [-0.05, 0) is 95.0 Å². The number of ether oxygens (including phenoxy) is 1. The van der Waals surface area contributed by atoms with Crippen LogP contribution in [0.15, 0.2) is 21.1 Å². The summed E-state index contributed by atoms with van der Waals surface area (Å²) >= 11 is 7.09. The van der Waals surface area contributed by atoms with E-state index in [0.717, 1.165) is 33.7 Å². The molecule has 1 aromatic rings. The Morgan fingerprint density at radius 1 is 1.25 bits per heavy atom. The van der Waals surface area contributed by atoms with Crippen LogP contribution >= 0.6 is 31.9 Å². The van der Waals surface area contributed by atoms with Crippen LogP contribution in [0.25, 0.3) is 0 Å². The molecule has 0 unspecified atom stereocenters. The summed E-state index contributed by atoms with van der Waals surface area (Å²) in [6, 6.07) is 4.23. The van der Waals surface area contributed by atoms with Crippen LogP contribution in [0.4, 0.5) is 0 Å². The number of halogens is 2. The predicted octanol–water partition coefficient (Wildman–Crippen LogP) is 3.65. The van der Waals surface area contributed by atoms with Crippen molar-refractivity contribution in [1.29, 1.82) is 0 Å². The highest BCUT2D eigenvalue weighted by molar-refractivity contribution is 9.11. The molecule has 1 heterocycles. The lowest BCUT2D eigenvalue weighted by Crippen LogP contribution is -2.34. The summed E-state index contributed by atoms with van der Waals surface area (Å²) in [4.78, 5) is 2.41. The number of hydrogen-bond acceptors (Lipinski definition) is 3. The van der Waals surface area contributed by atoms with Crippen molar-refractivity contribution in [2.45, 2.75) is 19.4 Å². The smallest absolute Gasteiger partial charge is 0.147 e. The fourth-order valence-electron chi connectivity index (χ4n) is 2.60. The summed E-state index contributed by atoms with van der Waals surface area (Å²) < 4.78 is 7.30. The second-order valence-corrected chi connectivity index (χ2v) is 7.18. The number of piperidine rings is 1. The summed E-state index contributed by atoms with van der Waals surface area (Å²) in [5.74, 6) is 1.67. The number of likely N-dealkylation sites (tertiary alicyclic amines) is 1. The Morgan fingerprint density at radius 2 is 1.85 bits per heavy atom. The summed E-state index contributed by atoms with van der Waals surface area (Å²) in [7, 11) is 3.89. The van der Waals surface area contributed by atoms with Crippen LogP contribution < -0.4 is 10.1 Å². The Balaban J connectivity index is 1.82. The van der Waals surface area contributed by atoms with Gasteiger partial charge in [0.15, 0.2) is 0 Å². The fourth-order valence-corrected chi connectivity index (χ4v) is 4.20. The zero-order valence-corrected chi connectivity index (χ0v) is 15.3. The van der Waals surface area contributed by atoms with E-state index < -0.39 is 0 Å². The lowest BCUT2D eigenvalue weighted by atomic mass is 9.97. The molecule has 0 radical (unpaired) electrons. The van der Waals surface area contributed by atoms with E-state index in [1.807, 2.05) is 0 Å². The Labute approximate surface area is 138 Å². The molecule has 1 saturated heterocycles. The molecule has 3 nitrogen and oxygen atoms in total. The van der Waals surface area contributed by atoms with Crippen LogP contribution in [0.2, 0.25) is 0 Å². The first-order valence-electron chi connectivity index (χ1n) is 7.01. The minimum Gasteiger partial charge on any atom is -0.494 e. The van der Waals surface area contributed by atoms with E-state index >= 15 is 0 Å². The molecule has 1 aliphatic rings. The van der Waals surface area contributed by atoms with Gasteiger partial charge in [0.1, 0.15) is 5.75 Å². The zero-order valence-electron chi connectivity index (χ0n) is 12.1. The minimum absolute atomic E-state index is 0.816. The minimum atomic E-state index is 0.816. The van der Waals surface area contributed by atoms with E-state index in [1.54, 1.807) is 7.11 Å². The molecule has 0 bridgehead atoms. The van der Waals surface area contributed by atoms with Crippen LogP contribution in [0, 0.1) is 5.92 Å². The number of nitrogens with zero attached hydrogens (tertiary/aromatic N) is 1. The van der Waals surface area contributed by atoms with Crippen molar-refractivity contribution < 1.29 is 4.74 Å². The van der Waals surface area contributed by atoms with Crippen LogP contribution in [-0.2, 0) is 6.54 Å². The number of nitrogens with one attached hydrogen (secondary N) is 1. The summed E-state index contributed by atoms with van der Waals surface area (Å²) in [6.45, 7) is 4.46. The van der Waals surface area contributed by atoms with Gasteiger partial charge in [-0.15, -0.1) is 0 Å². The fraction of sp³-hybridized carbons (Fsp3) is 0.600. The quantitative estimate of drug-likeness (QED) is 0.808. The van der Waals surface area contributed by atoms with E-state index in [0.29, 0.717) is 0 Å². The molecule has 0 aliphatic carbocycles. The summed E-state index contributed by atoms with van der Waals surface area (Å²) in [5.41, 5.74) is 1.26. The highest BCUT2D eigenvalue weighted by Gasteiger charge is 2.16. The van der Waals surface area contributed by atoms with Gasteiger partial charge in [0.05, 0.1) is 16.1 Å². The first-order chi connectivity index (χ1) is 9.60. The SMILES string of the molecule is COc1c(Br)cc(CNCC2CCN(C)CC2)cc1Br. The Bertz CT molecular complexity index is 422. The van der Waals surface area contributed by atoms with Crippen molar-refractivity contribution in [3.05, 3.63) is 26.6 Å². The van der Waals surface area contributed by atoms with E-state index in [2.05, 4.69) is 61.3 Å². The normalized spacial score (nSPS) is 17.4. The molecule has 0 saturated carbocycles. The maximum atomic E-state index is 5.32. The molecule has 1 aromatic carbocycles. The van der Waals surface area contributed by atoms with E-state index in [1.165, 1.54) is 31.5 Å². The van der Waals surface area contributed by atoms with Gasteiger partial charge in [0, 0.05) is 6.54 Å². The summed E-state index contributed by atoms with van der Waals surface area (Å²) in [6.07, 6.45) is 2.61. The zero-order chi connectivity index (χ0) is 14.5. The number of rotatable bonds is 5. The Kier molecular flexibility index (Phi) is 6.33. The van der Waals surface area contributed by atoms with Crippen molar-refractivity contribution >= 4 is 31.9 Å². The topological polar surface area (TPSA) is 24.5 Å². The first-order valence-corrected chi connectivity index (χ1v) is 8.60. The molecule has 0 aromatic heterocycles. The molecule has 20 heavy (non-hydrogen) atoms. The molecule has 0 atom stereocenters. The molecular formula is C15H22Br2N2O. The van der Waals surface area contributed by atoms with E-state index in [9.17, 15) is 0 Å². The Morgan fingerprint density at radius 3 is 2.40 bits per heavy atom. The molecule has 0 amide bonds. The van der Waals surface area contributed by atoms with Crippen molar-refractivity contribution in [2.75, 3.05) is 33.8 Å². The lowest BCUT2D eigenvalue weighted by Gasteiger charge is -2.29. The van der Waals surface area contributed by atoms with Crippen molar-refractivity contribution in [3.8, 4) is 5.75 Å². The average molecular weight is 406 g/mol. The molecule has 5 heteroatoms. The lowest BCUT2D eigenvalue weighted by molar-refractivity contribution is 0.216. The largest absolute Gasteiger partial charge is 0.494 e. The van der Waals surface area contributed by atoms with Gasteiger partial charge in [-0.2, -0.15) is 0 Å². The second kappa shape index (κ2) is 7.78. The van der Waals surface area contributed by atoms with Gasteiger partial charge in [0.2, 0.25) is 0 Å². The maximum absolute atomic E-state index is 5.32. The summed E-state index contributed by atoms with van der Waals surface area (Å²) in [5, 5.41) is 3.58. The average Bonchev–Trinajstić information content (AvgIpc) is 2.41. The first kappa shape index (κ1) is 16.3. The standard InChI is InChI=1S/C15H22Br2N2O/c1-19-5-3-11(4-6-19)9-18-10-12-7-13(16)15(20-2)14(17)8-12/h7-8,11,18H,3-6,9-10H2,1-2H3. The molecule has 1 aliphatic heterocycles. The predicted molar refractivity (Wildman–Crippen MR) is 90.3 cm³/mol. The molecular weight excluding hydrogens is 384 g/mol. The van der Waals surface area contributed by atoms with E-state index in [-0.39, 0.29) is 0 Å². The molecule has 1 fully saturated rings. The number of benzene rings is 1. The van der Waals surface area contributed by atoms with Gasteiger partial charge in [-0.1, -0.05) is 0 Å². The van der Waals surface area contributed by atoms with Crippen LogP contribution in [-0.4, -0.2) is 38.7 Å². The monoisotopic (exact) mass is 404 g/mol. The number of hydrogen-bond donors (Lipinski definition) is 1. The highest BCUT2D eigenvalue weighted by atomic mass is 79.9. The van der Waals surface area contributed by atoms with Gasteiger partial charge in [0.25, 0.3) is 0 Å². The molecule has 112 valence electrons. The van der Waals surface area contributed by atoms with Gasteiger partial charge in [-0.25, -0.2) is 0 Å². The van der Waals surface area contributed by atoms with Gasteiger partial charge in [-0.3, -0.25) is 0 Å². The third-order valence-corrected chi connectivity index (χ3v) is 5.04. The number of methoxy groups -OCH3 is 1. The van der Waals surface area contributed by atoms with Crippen LogP contribution in [0.3, 0.4) is 0 Å². The van der Waals surface area contributed by atoms with Crippen molar-refractivity contribution in [2.24, 2.45) is 5.92 Å². The highest BCUT2D eigenvalue weighted by Crippen LogP contribution is 2.34. The van der Waals surface area contributed by atoms with Crippen LogP contribution in [0.1, 0.15) is 18.4 Å². The van der Waals surface area contributed by atoms with Gasteiger partial charge >= 0.3 is 0 Å². The third kappa shape index (κ3) is 4.45. The van der Waals surface area contributed by atoms with Crippen molar-refractivity contribution in [1.82, 2.24) is 10.2 Å². The Hall–Kier alpha value is -0.100. The molecule has 2 rings (SSSR count). The van der Waals surface area contributed by atoms with Gasteiger partial charge < -0.3 is 15.0 Å².